The summed E-state index contributed by atoms with van der Waals surface area (Å²) in [6.45, 7) is 0. The molecule has 3 heterocycles. The molecular formula is C48H30N2O. The SMILES string of the molecule is c1ccc(-c2cccc(-c3ccc(-n4c5ccccc5c5cc6c7c8c(ccc7n(-c7ccccc7)c6cc54)oc4ccccc48)cc3)c2)cc1. The Bertz CT molecular complexity index is 3110. The van der Waals surface area contributed by atoms with E-state index in [2.05, 4.69) is 185 Å². The van der Waals surface area contributed by atoms with Crippen LogP contribution in [0, 0.1) is 0 Å². The summed E-state index contributed by atoms with van der Waals surface area (Å²) < 4.78 is 11.2. The Morgan fingerprint density at radius 3 is 1.71 bits per heavy atom. The molecule has 11 aromatic rings. The van der Waals surface area contributed by atoms with Gasteiger partial charge in [0.2, 0.25) is 0 Å². The first-order chi connectivity index (χ1) is 25.3. The first kappa shape index (κ1) is 28.0. The summed E-state index contributed by atoms with van der Waals surface area (Å²) in [6.07, 6.45) is 0. The van der Waals surface area contributed by atoms with Gasteiger partial charge in [0.05, 0.1) is 22.1 Å². The van der Waals surface area contributed by atoms with Gasteiger partial charge in [-0.2, -0.15) is 0 Å². The molecule has 0 amide bonds. The number of nitrogens with zero attached hydrogens (tertiary/aromatic N) is 2. The summed E-state index contributed by atoms with van der Waals surface area (Å²) in [7, 11) is 0. The minimum absolute atomic E-state index is 0.910. The summed E-state index contributed by atoms with van der Waals surface area (Å²) >= 11 is 0. The average Bonchev–Trinajstić information content (AvgIpc) is 3.85. The van der Waals surface area contributed by atoms with Gasteiger partial charge in [-0.1, -0.05) is 115 Å². The molecular weight excluding hydrogens is 621 g/mol. The molecule has 0 aliphatic heterocycles. The normalized spacial score (nSPS) is 11.9. The molecule has 0 spiro atoms. The van der Waals surface area contributed by atoms with Crippen LogP contribution in [0.3, 0.4) is 0 Å². The van der Waals surface area contributed by atoms with Crippen molar-refractivity contribution in [2.45, 2.75) is 0 Å². The van der Waals surface area contributed by atoms with E-state index in [9.17, 15) is 0 Å². The number of benzene rings is 8. The zero-order valence-electron chi connectivity index (χ0n) is 27.6. The highest BCUT2D eigenvalue weighted by Crippen LogP contribution is 2.44. The number of fused-ring (bicyclic) bond motifs is 10. The first-order valence-corrected chi connectivity index (χ1v) is 17.4. The lowest BCUT2D eigenvalue weighted by Crippen LogP contribution is -1.96. The number of aromatic nitrogens is 2. The number of para-hydroxylation sites is 3. The van der Waals surface area contributed by atoms with Crippen LogP contribution in [0.5, 0.6) is 0 Å². The quantitative estimate of drug-likeness (QED) is 0.186. The van der Waals surface area contributed by atoms with E-state index in [0.29, 0.717) is 0 Å². The molecule has 0 saturated carbocycles. The Morgan fingerprint density at radius 2 is 0.902 bits per heavy atom. The van der Waals surface area contributed by atoms with Crippen LogP contribution in [0.1, 0.15) is 0 Å². The lowest BCUT2D eigenvalue weighted by atomic mass is 9.99. The third-order valence-electron chi connectivity index (χ3n) is 10.5. The molecule has 0 aliphatic rings. The molecule has 51 heavy (non-hydrogen) atoms. The Balaban J connectivity index is 1.17. The zero-order chi connectivity index (χ0) is 33.5. The fraction of sp³-hybridized carbons (Fsp3) is 0. The highest BCUT2D eigenvalue weighted by Gasteiger charge is 2.22. The van der Waals surface area contributed by atoms with Gasteiger partial charge < -0.3 is 13.6 Å². The molecule has 238 valence electrons. The van der Waals surface area contributed by atoms with Crippen LogP contribution >= 0.6 is 0 Å². The zero-order valence-corrected chi connectivity index (χ0v) is 27.6. The third kappa shape index (κ3) is 4.19. The minimum atomic E-state index is 0.910. The van der Waals surface area contributed by atoms with Gasteiger partial charge in [0.15, 0.2) is 0 Å². The topological polar surface area (TPSA) is 23.0 Å². The Labute approximate surface area is 293 Å². The van der Waals surface area contributed by atoms with Gasteiger partial charge in [-0.25, -0.2) is 0 Å². The van der Waals surface area contributed by atoms with Gasteiger partial charge in [0, 0.05) is 43.7 Å². The van der Waals surface area contributed by atoms with Gasteiger partial charge in [0.1, 0.15) is 11.2 Å². The number of rotatable bonds is 4. The van der Waals surface area contributed by atoms with Crippen LogP contribution in [0.25, 0.3) is 99.2 Å². The van der Waals surface area contributed by atoms with Gasteiger partial charge in [0.25, 0.3) is 0 Å². The maximum Gasteiger partial charge on any atom is 0.136 e. The van der Waals surface area contributed by atoms with Crippen molar-refractivity contribution in [1.82, 2.24) is 9.13 Å². The van der Waals surface area contributed by atoms with Crippen molar-refractivity contribution in [3.05, 3.63) is 182 Å². The van der Waals surface area contributed by atoms with E-state index in [-0.39, 0.29) is 0 Å². The second-order valence-corrected chi connectivity index (χ2v) is 13.3. The fourth-order valence-corrected chi connectivity index (χ4v) is 8.23. The van der Waals surface area contributed by atoms with Gasteiger partial charge >= 0.3 is 0 Å². The second-order valence-electron chi connectivity index (χ2n) is 13.3. The lowest BCUT2D eigenvalue weighted by molar-refractivity contribution is 0.669. The summed E-state index contributed by atoms with van der Waals surface area (Å²) in [5.74, 6) is 0. The first-order valence-electron chi connectivity index (χ1n) is 17.4. The van der Waals surface area contributed by atoms with Crippen LogP contribution in [0.4, 0.5) is 0 Å². The van der Waals surface area contributed by atoms with Crippen LogP contribution in [-0.2, 0) is 0 Å². The Morgan fingerprint density at radius 1 is 0.294 bits per heavy atom. The molecule has 0 bridgehead atoms. The van der Waals surface area contributed by atoms with Crippen molar-refractivity contribution in [1.29, 1.82) is 0 Å². The summed E-state index contributed by atoms with van der Waals surface area (Å²) in [5, 5.41) is 7.21. The van der Waals surface area contributed by atoms with E-state index in [1.807, 2.05) is 6.07 Å². The molecule has 0 fully saturated rings. The average molecular weight is 651 g/mol. The van der Waals surface area contributed by atoms with Gasteiger partial charge in [-0.15, -0.1) is 0 Å². The fourth-order valence-electron chi connectivity index (χ4n) is 8.23. The van der Waals surface area contributed by atoms with Crippen LogP contribution in [0.2, 0.25) is 0 Å². The highest BCUT2D eigenvalue weighted by molar-refractivity contribution is 6.29. The van der Waals surface area contributed by atoms with Crippen molar-refractivity contribution in [2.75, 3.05) is 0 Å². The standard InChI is InChI=1S/C48H30N2O/c1-3-12-31(13-4-1)33-14-11-15-34(28-33)32-22-24-36(25-23-32)49-41-20-9-7-18-37(41)39-29-40-44(30-43(39)49)50(35-16-5-2-6-17-35)42-26-27-46-48(47(40)42)38-19-8-10-21-45(38)51-46/h1-30H. The van der Waals surface area contributed by atoms with Crippen molar-refractivity contribution in [2.24, 2.45) is 0 Å². The monoisotopic (exact) mass is 650 g/mol. The third-order valence-corrected chi connectivity index (χ3v) is 10.5. The van der Waals surface area contributed by atoms with Crippen molar-refractivity contribution in [3.63, 3.8) is 0 Å². The Hall–Kier alpha value is -6.84. The highest BCUT2D eigenvalue weighted by atomic mass is 16.3. The number of furan rings is 1. The smallest absolute Gasteiger partial charge is 0.136 e. The van der Waals surface area contributed by atoms with Gasteiger partial charge in [-0.05, 0) is 89.0 Å². The molecule has 11 rings (SSSR count). The van der Waals surface area contributed by atoms with E-state index in [0.717, 1.165) is 33.3 Å². The molecule has 3 heteroatoms. The molecule has 0 radical (unpaired) electrons. The molecule has 0 N–H and O–H groups in total. The number of hydrogen-bond acceptors (Lipinski definition) is 1. The van der Waals surface area contributed by atoms with Crippen molar-refractivity contribution in [3.8, 4) is 33.6 Å². The predicted octanol–water partition coefficient (Wildman–Crippen LogP) is 13.1. The molecule has 0 aliphatic carbocycles. The van der Waals surface area contributed by atoms with Crippen molar-refractivity contribution < 1.29 is 4.42 Å². The van der Waals surface area contributed by atoms with Crippen molar-refractivity contribution >= 4 is 65.6 Å². The van der Waals surface area contributed by atoms with E-state index in [1.165, 1.54) is 65.9 Å². The maximum absolute atomic E-state index is 6.40. The van der Waals surface area contributed by atoms with Gasteiger partial charge in [-0.3, -0.25) is 0 Å². The molecule has 8 aromatic carbocycles. The summed E-state index contributed by atoms with van der Waals surface area (Å²) in [5.41, 5.74) is 13.6. The molecule has 0 atom stereocenters. The molecule has 0 unspecified atom stereocenters. The van der Waals surface area contributed by atoms with Crippen LogP contribution in [-0.4, -0.2) is 9.13 Å². The minimum Gasteiger partial charge on any atom is -0.456 e. The maximum atomic E-state index is 6.40. The molecule has 3 nitrogen and oxygen atoms in total. The van der Waals surface area contributed by atoms with E-state index < -0.39 is 0 Å². The van der Waals surface area contributed by atoms with Crippen LogP contribution < -0.4 is 0 Å². The Kier molecular flexibility index (Phi) is 5.96. The molecule has 0 saturated heterocycles. The summed E-state index contributed by atoms with van der Waals surface area (Å²) in [4.78, 5) is 0. The molecule has 3 aromatic heterocycles. The second kappa shape index (κ2) is 10.8. The van der Waals surface area contributed by atoms with E-state index in [4.69, 9.17) is 4.42 Å². The number of hydrogen-bond donors (Lipinski definition) is 0. The summed E-state index contributed by atoms with van der Waals surface area (Å²) in [6, 6.07) is 65.4. The van der Waals surface area contributed by atoms with E-state index >= 15 is 0 Å². The predicted molar refractivity (Wildman–Crippen MR) is 213 cm³/mol. The lowest BCUT2D eigenvalue weighted by Gasteiger charge is -2.11. The van der Waals surface area contributed by atoms with Crippen LogP contribution in [0.15, 0.2) is 186 Å². The largest absolute Gasteiger partial charge is 0.456 e. The van der Waals surface area contributed by atoms with E-state index in [1.54, 1.807) is 0 Å².